The molecule has 0 bridgehead atoms. The van der Waals surface area contributed by atoms with Crippen LogP contribution in [0.5, 0.6) is 0 Å². The highest BCUT2D eigenvalue weighted by Gasteiger charge is 2.30. The second kappa shape index (κ2) is 5.46. The van der Waals surface area contributed by atoms with Crippen LogP contribution in [0.15, 0.2) is 40.2 Å². The van der Waals surface area contributed by atoms with Crippen molar-refractivity contribution in [2.45, 2.75) is 12.6 Å². The van der Waals surface area contributed by atoms with Gasteiger partial charge in [-0.25, -0.2) is 0 Å². The summed E-state index contributed by atoms with van der Waals surface area (Å²) >= 11 is 4.50. The molecule has 0 N–H and O–H groups in total. The Hall–Kier alpha value is -1.14. The van der Waals surface area contributed by atoms with E-state index in [2.05, 4.69) is 15.9 Å². The van der Waals surface area contributed by atoms with Crippen molar-refractivity contribution in [3.05, 3.63) is 56.2 Å². The minimum atomic E-state index is -4.39. The van der Waals surface area contributed by atoms with Gasteiger partial charge >= 0.3 is 6.18 Å². The van der Waals surface area contributed by atoms with Gasteiger partial charge in [0.25, 0.3) is 0 Å². The van der Waals surface area contributed by atoms with Gasteiger partial charge in [0.1, 0.15) is 0 Å². The maximum atomic E-state index is 12.6. The molecule has 19 heavy (non-hydrogen) atoms. The molecular formula is C13H8BrF3OS. The molecule has 100 valence electrons. The van der Waals surface area contributed by atoms with Gasteiger partial charge in [0, 0.05) is 10.9 Å². The first-order valence-corrected chi connectivity index (χ1v) is 6.97. The molecular weight excluding hydrogens is 341 g/mol. The van der Waals surface area contributed by atoms with Gasteiger partial charge in [0.2, 0.25) is 0 Å². The van der Waals surface area contributed by atoms with Gasteiger partial charge in [-0.2, -0.15) is 13.2 Å². The van der Waals surface area contributed by atoms with E-state index in [0.717, 1.165) is 12.1 Å². The Morgan fingerprint density at radius 3 is 2.58 bits per heavy atom. The zero-order chi connectivity index (χ0) is 14.0. The molecule has 1 nitrogen and oxygen atoms in total. The van der Waals surface area contributed by atoms with Gasteiger partial charge in [-0.3, -0.25) is 4.79 Å². The number of hydrogen-bond acceptors (Lipinski definition) is 2. The minimum absolute atomic E-state index is 0.0387. The normalized spacial score (nSPS) is 11.6. The summed E-state index contributed by atoms with van der Waals surface area (Å²) in [6, 6.07) is 6.59. The summed E-state index contributed by atoms with van der Waals surface area (Å²) in [6.07, 6.45) is -4.42. The Bertz CT molecular complexity index is 604. The second-order valence-electron chi connectivity index (χ2n) is 3.90. The van der Waals surface area contributed by atoms with Crippen LogP contribution in [0.25, 0.3) is 0 Å². The molecule has 1 aromatic heterocycles. The van der Waals surface area contributed by atoms with Crippen molar-refractivity contribution in [3.63, 3.8) is 0 Å². The first-order valence-electron chi connectivity index (χ1n) is 5.30. The van der Waals surface area contributed by atoms with E-state index in [1.54, 1.807) is 11.4 Å². The fourth-order valence-electron chi connectivity index (χ4n) is 1.62. The lowest BCUT2D eigenvalue weighted by atomic mass is 10.0. The highest BCUT2D eigenvalue weighted by atomic mass is 79.9. The molecule has 0 aliphatic heterocycles. The molecule has 0 aliphatic carbocycles. The van der Waals surface area contributed by atoms with Gasteiger partial charge in [-0.05, 0) is 39.0 Å². The number of halogens is 4. The molecule has 0 fully saturated rings. The monoisotopic (exact) mass is 348 g/mol. The summed E-state index contributed by atoms with van der Waals surface area (Å²) in [5, 5.41) is 1.75. The molecule has 0 saturated heterocycles. The maximum Gasteiger partial charge on any atom is 0.416 e. The van der Waals surface area contributed by atoms with Crippen LogP contribution in [0.2, 0.25) is 0 Å². The SMILES string of the molecule is O=C(Cc1cccc(C(F)(F)F)c1)c1sccc1Br. The van der Waals surface area contributed by atoms with Gasteiger partial charge in [0.05, 0.1) is 10.4 Å². The number of rotatable bonds is 3. The van der Waals surface area contributed by atoms with Gasteiger partial charge < -0.3 is 0 Å². The predicted molar refractivity (Wildman–Crippen MR) is 71.5 cm³/mol. The third-order valence-corrected chi connectivity index (χ3v) is 4.37. The van der Waals surface area contributed by atoms with E-state index >= 15 is 0 Å². The number of hydrogen-bond donors (Lipinski definition) is 0. The number of carbonyl (C=O) groups is 1. The highest BCUT2D eigenvalue weighted by molar-refractivity contribution is 9.10. The Labute approximate surface area is 120 Å². The van der Waals surface area contributed by atoms with Crippen molar-refractivity contribution in [2.24, 2.45) is 0 Å². The Balaban J connectivity index is 2.21. The van der Waals surface area contributed by atoms with E-state index in [1.165, 1.54) is 23.5 Å². The number of Topliss-reactive ketones (excluding diaryl/α,β-unsaturated/α-hetero) is 1. The molecule has 0 amide bonds. The van der Waals surface area contributed by atoms with Gasteiger partial charge in [-0.1, -0.05) is 18.2 Å². The lowest BCUT2D eigenvalue weighted by molar-refractivity contribution is -0.137. The van der Waals surface area contributed by atoms with Crippen LogP contribution < -0.4 is 0 Å². The van der Waals surface area contributed by atoms with Crippen LogP contribution in [-0.4, -0.2) is 5.78 Å². The van der Waals surface area contributed by atoms with E-state index in [-0.39, 0.29) is 12.2 Å². The van der Waals surface area contributed by atoms with Crippen LogP contribution >= 0.6 is 27.3 Å². The number of benzene rings is 1. The van der Waals surface area contributed by atoms with Crippen molar-refractivity contribution in [1.82, 2.24) is 0 Å². The van der Waals surface area contributed by atoms with Gasteiger partial charge in [0.15, 0.2) is 5.78 Å². The smallest absolute Gasteiger partial charge is 0.293 e. The molecule has 0 atom stereocenters. The topological polar surface area (TPSA) is 17.1 Å². The summed E-state index contributed by atoms with van der Waals surface area (Å²) in [4.78, 5) is 12.5. The largest absolute Gasteiger partial charge is 0.416 e. The fourth-order valence-corrected chi connectivity index (χ4v) is 3.15. The summed E-state index contributed by atoms with van der Waals surface area (Å²) in [5.41, 5.74) is -0.372. The number of thiophene rings is 1. The first kappa shape index (κ1) is 14.3. The van der Waals surface area contributed by atoms with Crippen LogP contribution in [0.3, 0.4) is 0 Å². The highest BCUT2D eigenvalue weighted by Crippen LogP contribution is 2.30. The summed E-state index contributed by atoms with van der Waals surface area (Å²) in [5.74, 6) is -0.193. The van der Waals surface area contributed by atoms with E-state index < -0.39 is 11.7 Å². The van der Waals surface area contributed by atoms with Crippen molar-refractivity contribution in [2.75, 3.05) is 0 Å². The number of ketones is 1. The van der Waals surface area contributed by atoms with Crippen LogP contribution in [0, 0.1) is 0 Å². The quantitative estimate of drug-likeness (QED) is 0.717. The Kier molecular flexibility index (Phi) is 4.10. The van der Waals surface area contributed by atoms with E-state index in [1.807, 2.05) is 0 Å². The molecule has 0 unspecified atom stereocenters. The fraction of sp³-hybridized carbons (Fsp3) is 0.154. The van der Waals surface area contributed by atoms with Crippen molar-refractivity contribution in [1.29, 1.82) is 0 Å². The molecule has 2 aromatic rings. The molecule has 0 spiro atoms. The molecule has 6 heteroatoms. The lowest BCUT2D eigenvalue weighted by Gasteiger charge is -2.08. The van der Waals surface area contributed by atoms with E-state index in [9.17, 15) is 18.0 Å². The van der Waals surface area contributed by atoms with E-state index in [0.29, 0.717) is 14.9 Å². The van der Waals surface area contributed by atoms with Crippen LogP contribution in [0.1, 0.15) is 20.8 Å². The number of carbonyl (C=O) groups excluding carboxylic acids is 1. The molecule has 1 aromatic carbocycles. The molecule has 1 heterocycles. The summed E-state index contributed by atoms with van der Waals surface area (Å²) in [6.45, 7) is 0. The predicted octanol–water partition coefficient (Wildman–Crippen LogP) is 4.95. The van der Waals surface area contributed by atoms with Crippen molar-refractivity contribution >= 4 is 33.0 Å². The zero-order valence-electron chi connectivity index (χ0n) is 9.50. The van der Waals surface area contributed by atoms with Crippen molar-refractivity contribution < 1.29 is 18.0 Å². The summed E-state index contributed by atoms with van der Waals surface area (Å²) < 4.78 is 38.3. The molecule has 0 radical (unpaired) electrons. The van der Waals surface area contributed by atoms with Crippen molar-refractivity contribution in [3.8, 4) is 0 Å². The average Bonchev–Trinajstić information content (AvgIpc) is 2.75. The number of alkyl halides is 3. The third-order valence-electron chi connectivity index (χ3n) is 2.49. The zero-order valence-corrected chi connectivity index (χ0v) is 11.9. The minimum Gasteiger partial charge on any atom is -0.293 e. The molecule has 2 rings (SSSR count). The van der Waals surface area contributed by atoms with Gasteiger partial charge in [-0.15, -0.1) is 11.3 Å². The molecule has 0 aliphatic rings. The first-order chi connectivity index (χ1) is 8.88. The Morgan fingerprint density at radius 2 is 2.00 bits per heavy atom. The summed E-state index contributed by atoms with van der Waals surface area (Å²) in [7, 11) is 0. The average molecular weight is 349 g/mol. The van der Waals surface area contributed by atoms with E-state index in [4.69, 9.17) is 0 Å². The van der Waals surface area contributed by atoms with Crippen LogP contribution in [0.4, 0.5) is 13.2 Å². The standard InChI is InChI=1S/C13H8BrF3OS/c14-10-4-5-19-12(10)11(18)7-8-2-1-3-9(6-8)13(15,16)17/h1-6H,7H2. The van der Waals surface area contributed by atoms with Crippen LogP contribution in [-0.2, 0) is 12.6 Å². The third kappa shape index (κ3) is 3.45. The Morgan fingerprint density at radius 1 is 1.26 bits per heavy atom. The lowest BCUT2D eigenvalue weighted by Crippen LogP contribution is -2.07. The molecule has 0 saturated carbocycles. The second-order valence-corrected chi connectivity index (χ2v) is 5.67. The maximum absolute atomic E-state index is 12.6.